The van der Waals surface area contributed by atoms with Crippen molar-refractivity contribution in [3.8, 4) is 0 Å². The van der Waals surface area contributed by atoms with Gasteiger partial charge in [0.05, 0.1) is 6.61 Å². The third-order valence-corrected chi connectivity index (χ3v) is 2.68. The number of rotatable bonds is 3. The molecule has 2 rings (SSSR count). The molecule has 6 heteroatoms. The minimum Gasteiger partial charge on any atom is -0.381 e. The summed E-state index contributed by atoms with van der Waals surface area (Å²) in [5, 5.41) is 2.83. The van der Waals surface area contributed by atoms with Crippen molar-refractivity contribution in [2.75, 3.05) is 25.5 Å². The molecule has 0 spiro atoms. The number of amides is 1. The van der Waals surface area contributed by atoms with Gasteiger partial charge in [0.2, 0.25) is 5.95 Å². The van der Waals surface area contributed by atoms with Crippen LogP contribution >= 0.6 is 0 Å². The van der Waals surface area contributed by atoms with Crippen LogP contribution in [0.25, 0.3) is 0 Å². The third kappa shape index (κ3) is 3.13. The quantitative estimate of drug-likeness (QED) is 0.778. The maximum absolute atomic E-state index is 11.8. The highest BCUT2D eigenvalue weighted by Crippen LogP contribution is 2.11. The molecule has 6 nitrogen and oxygen atoms in total. The summed E-state index contributed by atoms with van der Waals surface area (Å²) >= 11 is 0. The van der Waals surface area contributed by atoms with Crippen molar-refractivity contribution in [3.63, 3.8) is 0 Å². The van der Waals surface area contributed by atoms with Crippen LogP contribution < -0.4 is 11.1 Å². The number of nitrogens with one attached hydrogen (secondary N) is 1. The highest BCUT2D eigenvalue weighted by molar-refractivity contribution is 5.92. The molecule has 17 heavy (non-hydrogen) atoms. The summed E-state index contributed by atoms with van der Waals surface area (Å²) in [5.41, 5.74) is 6.49. The van der Waals surface area contributed by atoms with Gasteiger partial charge in [-0.15, -0.1) is 0 Å². The van der Waals surface area contributed by atoms with Gasteiger partial charge in [0.25, 0.3) is 5.91 Å². The van der Waals surface area contributed by atoms with Crippen LogP contribution in [0.3, 0.4) is 0 Å². The van der Waals surface area contributed by atoms with E-state index < -0.39 is 0 Å². The second kappa shape index (κ2) is 5.09. The summed E-state index contributed by atoms with van der Waals surface area (Å²) in [6.45, 7) is 3.88. The summed E-state index contributed by atoms with van der Waals surface area (Å²) < 4.78 is 5.24. The van der Waals surface area contributed by atoms with Gasteiger partial charge in [-0.2, -0.15) is 0 Å². The lowest BCUT2D eigenvalue weighted by atomic mass is 10.1. The third-order valence-electron chi connectivity index (χ3n) is 2.68. The zero-order valence-electron chi connectivity index (χ0n) is 9.77. The van der Waals surface area contributed by atoms with Crippen molar-refractivity contribution < 1.29 is 9.53 Å². The molecule has 1 saturated heterocycles. The maximum atomic E-state index is 11.8. The minimum atomic E-state index is -0.214. The SMILES string of the molecule is Cc1cc(C(=O)NCC2CCOC2)nc(N)n1. The van der Waals surface area contributed by atoms with E-state index in [2.05, 4.69) is 15.3 Å². The van der Waals surface area contributed by atoms with E-state index in [1.54, 1.807) is 13.0 Å². The van der Waals surface area contributed by atoms with E-state index in [9.17, 15) is 4.79 Å². The summed E-state index contributed by atoms with van der Waals surface area (Å²) in [7, 11) is 0. The van der Waals surface area contributed by atoms with Gasteiger partial charge in [-0.1, -0.05) is 0 Å². The average Bonchev–Trinajstić information content (AvgIpc) is 2.77. The second-order valence-corrected chi connectivity index (χ2v) is 4.19. The summed E-state index contributed by atoms with van der Waals surface area (Å²) in [6.07, 6.45) is 0.991. The Morgan fingerprint density at radius 3 is 3.12 bits per heavy atom. The number of aromatic nitrogens is 2. The summed E-state index contributed by atoms with van der Waals surface area (Å²) in [4.78, 5) is 19.6. The van der Waals surface area contributed by atoms with E-state index in [0.717, 1.165) is 13.0 Å². The maximum Gasteiger partial charge on any atom is 0.270 e. The van der Waals surface area contributed by atoms with Crippen LogP contribution in [0, 0.1) is 12.8 Å². The number of hydrogen-bond acceptors (Lipinski definition) is 5. The Hall–Kier alpha value is -1.69. The molecular weight excluding hydrogens is 220 g/mol. The van der Waals surface area contributed by atoms with Crippen molar-refractivity contribution in [2.24, 2.45) is 5.92 Å². The number of nitrogen functional groups attached to an aromatic ring is 1. The first kappa shape index (κ1) is 11.8. The smallest absolute Gasteiger partial charge is 0.270 e. The van der Waals surface area contributed by atoms with E-state index in [4.69, 9.17) is 10.5 Å². The number of ether oxygens (including phenoxy) is 1. The normalized spacial score (nSPS) is 19.2. The molecule has 92 valence electrons. The topological polar surface area (TPSA) is 90.1 Å². The number of nitrogens with two attached hydrogens (primary N) is 1. The van der Waals surface area contributed by atoms with E-state index in [-0.39, 0.29) is 11.9 Å². The van der Waals surface area contributed by atoms with Gasteiger partial charge in [0.1, 0.15) is 5.69 Å². The molecule has 1 aliphatic rings. The van der Waals surface area contributed by atoms with Gasteiger partial charge >= 0.3 is 0 Å². The van der Waals surface area contributed by atoms with Crippen LogP contribution in [0.2, 0.25) is 0 Å². The predicted octanol–water partition coefficient (Wildman–Crippen LogP) is 0.134. The fraction of sp³-hybridized carbons (Fsp3) is 0.545. The van der Waals surface area contributed by atoms with Crippen molar-refractivity contribution >= 4 is 11.9 Å². The van der Waals surface area contributed by atoms with E-state index in [0.29, 0.717) is 30.5 Å². The Morgan fingerprint density at radius 2 is 2.47 bits per heavy atom. The number of carbonyl (C=O) groups is 1. The lowest BCUT2D eigenvalue weighted by Crippen LogP contribution is -2.30. The molecule has 1 aromatic heterocycles. The van der Waals surface area contributed by atoms with Gasteiger partial charge in [-0.05, 0) is 19.4 Å². The van der Waals surface area contributed by atoms with E-state index in [1.807, 2.05) is 0 Å². The van der Waals surface area contributed by atoms with Crippen molar-refractivity contribution in [2.45, 2.75) is 13.3 Å². The van der Waals surface area contributed by atoms with Crippen LogP contribution in [-0.4, -0.2) is 35.6 Å². The van der Waals surface area contributed by atoms with E-state index in [1.165, 1.54) is 0 Å². The molecule has 0 aliphatic carbocycles. The van der Waals surface area contributed by atoms with Crippen LogP contribution in [0.15, 0.2) is 6.07 Å². The first-order valence-electron chi connectivity index (χ1n) is 5.62. The number of anilines is 1. The van der Waals surface area contributed by atoms with Gasteiger partial charge in [0, 0.05) is 24.8 Å². The van der Waals surface area contributed by atoms with Gasteiger partial charge < -0.3 is 15.8 Å². The zero-order chi connectivity index (χ0) is 12.3. The zero-order valence-corrected chi connectivity index (χ0v) is 9.77. The Labute approximate surface area is 99.6 Å². The number of nitrogens with zero attached hydrogens (tertiary/aromatic N) is 2. The summed E-state index contributed by atoms with van der Waals surface area (Å²) in [5.74, 6) is 0.313. The molecule has 0 bridgehead atoms. The first-order valence-corrected chi connectivity index (χ1v) is 5.62. The molecule has 0 aromatic carbocycles. The molecule has 1 atom stereocenters. The average molecular weight is 236 g/mol. The number of aryl methyl sites for hydroxylation is 1. The fourth-order valence-electron chi connectivity index (χ4n) is 1.78. The Morgan fingerprint density at radius 1 is 1.65 bits per heavy atom. The number of carbonyl (C=O) groups excluding carboxylic acids is 1. The highest BCUT2D eigenvalue weighted by Gasteiger charge is 2.17. The van der Waals surface area contributed by atoms with Crippen LogP contribution in [0.5, 0.6) is 0 Å². The second-order valence-electron chi connectivity index (χ2n) is 4.19. The molecule has 1 unspecified atom stereocenters. The van der Waals surface area contributed by atoms with Gasteiger partial charge in [0.15, 0.2) is 0 Å². The highest BCUT2D eigenvalue weighted by atomic mass is 16.5. The Balaban J connectivity index is 1.94. The van der Waals surface area contributed by atoms with Crippen LogP contribution in [-0.2, 0) is 4.74 Å². The van der Waals surface area contributed by atoms with Crippen molar-refractivity contribution in [1.82, 2.24) is 15.3 Å². The van der Waals surface area contributed by atoms with Crippen LogP contribution in [0.1, 0.15) is 22.6 Å². The molecule has 1 aromatic rings. The lowest BCUT2D eigenvalue weighted by Gasteiger charge is -2.09. The molecule has 1 amide bonds. The van der Waals surface area contributed by atoms with Gasteiger partial charge in [-0.25, -0.2) is 9.97 Å². The van der Waals surface area contributed by atoms with Gasteiger partial charge in [-0.3, -0.25) is 4.79 Å². The largest absolute Gasteiger partial charge is 0.381 e. The van der Waals surface area contributed by atoms with Crippen molar-refractivity contribution in [3.05, 3.63) is 17.5 Å². The molecule has 0 saturated carbocycles. The Bertz CT molecular complexity index is 396. The fourth-order valence-corrected chi connectivity index (χ4v) is 1.78. The molecule has 0 radical (unpaired) electrons. The Kier molecular flexibility index (Phi) is 3.53. The van der Waals surface area contributed by atoms with Crippen LogP contribution in [0.4, 0.5) is 5.95 Å². The molecular formula is C11H16N4O2. The molecule has 1 fully saturated rings. The number of hydrogen-bond donors (Lipinski definition) is 2. The first-order chi connectivity index (χ1) is 8.15. The van der Waals surface area contributed by atoms with Crippen molar-refractivity contribution in [1.29, 1.82) is 0 Å². The summed E-state index contributed by atoms with van der Waals surface area (Å²) in [6, 6.07) is 1.62. The lowest BCUT2D eigenvalue weighted by molar-refractivity contribution is 0.0940. The van der Waals surface area contributed by atoms with E-state index >= 15 is 0 Å². The monoisotopic (exact) mass is 236 g/mol. The molecule has 3 N–H and O–H groups in total. The molecule has 2 heterocycles. The standard InChI is InChI=1S/C11H16N4O2/c1-7-4-9(15-11(12)14-7)10(16)13-5-8-2-3-17-6-8/h4,8H,2-3,5-6H2,1H3,(H,13,16)(H2,12,14,15). The molecule has 1 aliphatic heterocycles. The predicted molar refractivity (Wildman–Crippen MR) is 62.4 cm³/mol. The minimum absolute atomic E-state index is 0.124.